The fourth-order valence-corrected chi connectivity index (χ4v) is 2.75. The number of imidazole rings is 1. The minimum absolute atomic E-state index is 0.0355. The first kappa shape index (κ1) is 15.4. The number of benzene rings is 2. The van der Waals surface area contributed by atoms with E-state index in [0.717, 1.165) is 35.3 Å². The van der Waals surface area contributed by atoms with Gasteiger partial charge in [-0.15, -0.1) is 0 Å². The predicted octanol–water partition coefficient (Wildman–Crippen LogP) is 3.95. The van der Waals surface area contributed by atoms with Gasteiger partial charge < -0.3 is 10.3 Å². The highest BCUT2D eigenvalue weighted by atomic mass is 19.1. The smallest absolute Gasteiger partial charge is 0.123 e. The fourth-order valence-electron chi connectivity index (χ4n) is 2.75. The van der Waals surface area contributed by atoms with Crippen molar-refractivity contribution in [1.29, 1.82) is 0 Å². The maximum Gasteiger partial charge on any atom is 0.123 e. The Balaban J connectivity index is 1.84. The molecule has 118 valence electrons. The van der Waals surface area contributed by atoms with Crippen LogP contribution in [-0.4, -0.2) is 9.55 Å². The molecule has 3 aromatic rings. The molecule has 0 amide bonds. The Hall–Kier alpha value is -2.46. The van der Waals surface area contributed by atoms with Crippen LogP contribution < -0.4 is 5.73 Å². The van der Waals surface area contributed by atoms with Crippen LogP contribution in [0.15, 0.2) is 61.1 Å². The van der Waals surface area contributed by atoms with E-state index >= 15 is 0 Å². The van der Waals surface area contributed by atoms with Gasteiger partial charge in [-0.2, -0.15) is 0 Å². The van der Waals surface area contributed by atoms with Crippen molar-refractivity contribution in [3.05, 3.63) is 78.0 Å². The number of hydrogen-bond acceptors (Lipinski definition) is 2. The van der Waals surface area contributed by atoms with E-state index in [0.29, 0.717) is 0 Å². The van der Waals surface area contributed by atoms with Crippen molar-refractivity contribution in [2.75, 3.05) is 0 Å². The lowest BCUT2D eigenvalue weighted by Gasteiger charge is -2.14. The van der Waals surface area contributed by atoms with Crippen molar-refractivity contribution in [1.82, 2.24) is 9.55 Å². The summed E-state index contributed by atoms with van der Waals surface area (Å²) in [6.45, 7) is 2.77. The first-order chi connectivity index (χ1) is 11.1. The lowest BCUT2D eigenvalue weighted by molar-refractivity contribution is 0.625. The third-order valence-electron chi connectivity index (χ3n) is 3.99. The number of hydrogen-bond donors (Lipinski definition) is 1. The summed E-state index contributed by atoms with van der Waals surface area (Å²) in [5.74, 6) is -0.206. The molecule has 0 radical (unpaired) electrons. The summed E-state index contributed by atoms with van der Waals surface area (Å²) in [6.07, 6.45) is 4.52. The van der Waals surface area contributed by atoms with Gasteiger partial charge >= 0.3 is 0 Å². The van der Waals surface area contributed by atoms with Gasteiger partial charge in [-0.3, -0.25) is 0 Å². The average Bonchev–Trinajstić information content (AvgIpc) is 3.02. The number of aromatic nitrogens is 2. The fraction of sp³-hybridized carbons (Fsp3) is 0.211. The first-order valence-corrected chi connectivity index (χ1v) is 7.74. The van der Waals surface area contributed by atoms with E-state index in [2.05, 4.69) is 21.7 Å². The molecule has 0 saturated heterocycles. The van der Waals surface area contributed by atoms with Crippen molar-refractivity contribution in [2.24, 2.45) is 5.73 Å². The molecule has 1 atom stereocenters. The van der Waals surface area contributed by atoms with E-state index in [1.807, 2.05) is 43.7 Å². The van der Waals surface area contributed by atoms with E-state index in [4.69, 9.17) is 5.73 Å². The zero-order valence-electron chi connectivity index (χ0n) is 13.1. The van der Waals surface area contributed by atoms with Gasteiger partial charge in [0.1, 0.15) is 5.82 Å². The largest absolute Gasteiger partial charge is 0.330 e. The summed E-state index contributed by atoms with van der Waals surface area (Å²) in [5.41, 5.74) is 10.5. The normalized spacial score (nSPS) is 12.3. The second-order valence-electron chi connectivity index (χ2n) is 5.72. The minimum atomic E-state index is -0.206. The molecule has 0 fully saturated rings. The highest BCUT2D eigenvalue weighted by molar-refractivity contribution is 5.64. The van der Waals surface area contributed by atoms with Crippen LogP contribution in [0.3, 0.4) is 0 Å². The van der Waals surface area contributed by atoms with Crippen molar-refractivity contribution >= 4 is 0 Å². The third-order valence-corrected chi connectivity index (χ3v) is 3.99. The van der Waals surface area contributed by atoms with Crippen molar-refractivity contribution in [2.45, 2.75) is 25.9 Å². The van der Waals surface area contributed by atoms with Crippen LogP contribution in [0.1, 0.15) is 24.1 Å². The van der Waals surface area contributed by atoms with Gasteiger partial charge in [0.05, 0.1) is 18.2 Å². The number of halogens is 1. The predicted molar refractivity (Wildman–Crippen MR) is 90.4 cm³/mol. The second kappa shape index (κ2) is 6.75. The molecule has 1 unspecified atom stereocenters. The molecule has 2 aromatic carbocycles. The van der Waals surface area contributed by atoms with Crippen LogP contribution in [0, 0.1) is 5.82 Å². The molecule has 3 rings (SSSR count). The Morgan fingerprint density at radius 3 is 2.61 bits per heavy atom. The van der Waals surface area contributed by atoms with Gasteiger partial charge in [-0.1, -0.05) is 36.4 Å². The van der Waals surface area contributed by atoms with Crippen molar-refractivity contribution in [3.8, 4) is 11.3 Å². The van der Waals surface area contributed by atoms with Crippen LogP contribution in [0.4, 0.5) is 4.39 Å². The molecule has 2 N–H and O–H groups in total. The molecule has 1 heterocycles. The standard InChI is InChI=1S/C19H20FN3/c1-14(21)17-4-2-3-5-18(17)19-12-22-13-23(19)11-10-15-6-8-16(20)9-7-15/h2-9,12-14H,10-11,21H2,1H3. The number of nitrogens with zero attached hydrogens (tertiary/aromatic N) is 2. The van der Waals surface area contributed by atoms with Crippen LogP contribution in [0.2, 0.25) is 0 Å². The van der Waals surface area contributed by atoms with Gasteiger partial charge in [0.25, 0.3) is 0 Å². The quantitative estimate of drug-likeness (QED) is 0.775. The topological polar surface area (TPSA) is 43.8 Å². The zero-order chi connectivity index (χ0) is 16.2. The van der Waals surface area contributed by atoms with Crippen molar-refractivity contribution < 1.29 is 4.39 Å². The summed E-state index contributed by atoms with van der Waals surface area (Å²) < 4.78 is 15.1. The molecular formula is C19H20FN3. The Kier molecular flexibility index (Phi) is 4.53. The Morgan fingerprint density at radius 2 is 1.87 bits per heavy atom. The van der Waals surface area contributed by atoms with Gasteiger partial charge in [0, 0.05) is 18.2 Å². The summed E-state index contributed by atoms with van der Waals surface area (Å²) in [6, 6.07) is 14.7. The molecule has 0 bridgehead atoms. The molecule has 0 spiro atoms. The molecular weight excluding hydrogens is 289 g/mol. The van der Waals surface area contributed by atoms with E-state index in [1.54, 1.807) is 0 Å². The maximum atomic E-state index is 13.0. The summed E-state index contributed by atoms with van der Waals surface area (Å²) in [5, 5.41) is 0. The number of rotatable bonds is 5. The highest BCUT2D eigenvalue weighted by Gasteiger charge is 2.12. The van der Waals surface area contributed by atoms with Crippen molar-refractivity contribution in [3.63, 3.8) is 0 Å². The zero-order valence-corrected chi connectivity index (χ0v) is 13.1. The molecule has 0 saturated carbocycles. The lowest BCUT2D eigenvalue weighted by Crippen LogP contribution is -2.08. The average molecular weight is 309 g/mol. The monoisotopic (exact) mass is 309 g/mol. The summed E-state index contributed by atoms with van der Waals surface area (Å²) in [4.78, 5) is 4.29. The molecule has 4 heteroatoms. The lowest BCUT2D eigenvalue weighted by atomic mass is 10.00. The third kappa shape index (κ3) is 3.48. The number of nitrogens with two attached hydrogens (primary N) is 1. The molecule has 1 aromatic heterocycles. The van der Waals surface area contributed by atoms with E-state index in [-0.39, 0.29) is 11.9 Å². The Bertz CT molecular complexity index is 775. The molecule has 0 aliphatic heterocycles. The molecule has 0 aliphatic rings. The Morgan fingerprint density at radius 1 is 1.13 bits per heavy atom. The first-order valence-electron chi connectivity index (χ1n) is 7.74. The van der Waals surface area contributed by atoms with Gasteiger partial charge in [0.2, 0.25) is 0 Å². The van der Waals surface area contributed by atoms with Crippen LogP contribution in [0.5, 0.6) is 0 Å². The minimum Gasteiger partial charge on any atom is -0.330 e. The summed E-state index contributed by atoms with van der Waals surface area (Å²) >= 11 is 0. The summed E-state index contributed by atoms with van der Waals surface area (Å²) in [7, 11) is 0. The van der Waals surface area contributed by atoms with Crippen LogP contribution >= 0.6 is 0 Å². The second-order valence-corrected chi connectivity index (χ2v) is 5.72. The molecule has 23 heavy (non-hydrogen) atoms. The van der Waals surface area contributed by atoms with Crippen LogP contribution in [0.25, 0.3) is 11.3 Å². The molecule has 0 aliphatic carbocycles. The van der Waals surface area contributed by atoms with Crippen LogP contribution in [-0.2, 0) is 13.0 Å². The van der Waals surface area contributed by atoms with Gasteiger partial charge in [-0.25, -0.2) is 9.37 Å². The van der Waals surface area contributed by atoms with E-state index in [1.165, 1.54) is 12.1 Å². The Labute approximate surface area is 135 Å². The van der Waals surface area contributed by atoms with Gasteiger partial charge in [0.15, 0.2) is 0 Å². The van der Waals surface area contributed by atoms with E-state index in [9.17, 15) is 4.39 Å². The van der Waals surface area contributed by atoms with Gasteiger partial charge in [-0.05, 0) is 36.6 Å². The highest BCUT2D eigenvalue weighted by Crippen LogP contribution is 2.27. The number of aryl methyl sites for hydroxylation is 2. The van der Waals surface area contributed by atoms with E-state index < -0.39 is 0 Å². The maximum absolute atomic E-state index is 13.0. The molecule has 3 nitrogen and oxygen atoms in total. The SMILES string of the molecule is CC(N)c1ccccc1-c1cncn1CCc1ccc(F)cc1.